The quantitative estimate of drug-likeness (QED) is 0.134. The Labute approximate surface area is 198 Å². The number of anilines is 4. The van der Waals surface area contributed by atoms with Crippen LogP contribution in [0.15, 0.2) is 42.5 Å². The van der Waals surface area contributed by atoms with Crippen LogP contribution in [0, 0.1) is 0 Å². The van der Waals surface area contributed by atoms with E-state index in [4.69, 9.17) is 37.1 Å². The molecule has 0 saturated heterocycles. The summed E-state index contributed by atoms with van der Waals surface area (Å²) in [6.45, 7) is 1.21. The number of nitrogen functional groups attached to an aromatic ring is 2. The summed E-state index contributed by atoms with van der Waals surface area (Å²) < 4.78 is 16.1. The van der Waals surface area contributed by atoms with E-state index in [1.165, 1.54) is 12.1 Å². The Balaban J connectivity index is 1.97. The van der Waals surface area contributed by atoms with Gasteiger partial charge in [-0.15, -0.1) is 0 Å². The molecule has 0 radical (unpaired) electrons. The fraction of sp³-hybridized carbons (Fsp3) is 0.304. The number of ether oxygens (including phenoxy) is 3. The maximum absolute atomic E-state index is 11.6. The highest BCUT2D eigenvalue weighted by atomic mass is 16.7. The summed E-state index contributed by atoms with van der Waals surface area (Å²) in [6, 6.07) is 7.86. The number of carbonyl (C=O) groups excluding carboxylic acids is 2. The summed E-state index contributed by atoms with van der Waals surface area (Å²) in [7, 11) is 3.08. The van der Waals surface area contributed by atoms with E-state index in [-0.39, 0.29) is 12.2 Å². The predicted molar refractivity (Wildman–Crippen MR) is 133 cm³/mol. The van der Waals surface area contributed by atoms with Crippen LogP contribution >= 0.6 is 0 Å². The molecular formula is C23H32N6O5. The largest absolute Gasteiger partial charge is 0.491 e. The smallest absolute Gasteiger partial charge is 0.248 e. The highest BCUT2D eigenvalue weighted by Gasteiger charge is 2.14. The normalized spacial score (nSPS) is 11.0. The molecule has 184 valence electrons. The van der Waals surface area contributed by atoms with Gasteiger partial charge in [0.25, 0.3) is 0 Å². The van der Waals surface area contributed by atoms with E-state index in [0.29, 0.717) is 53.6 Å². The molecule has 10 N–H and O–H groups in total. The molecule has 0 aromatic heterocycles. The van der Waals surface area contributed by atoms with Crippen molar-refractivity contribution in [1.29, 1.82) is 0 Å². The van der Waals surface area contributed by atoms with Crippen molar-refractivity contribution in [1.82, 2.24) is 0 Å². The van der Waals surface area contributed by atoms with Crippen molar-refractivity contribution in [3.05, 3.63) is 53.6 Å². The summed E-state index contributed by atoms with van der Waals surface area (Å²) >= 11 is 0. The first-order valence-electron chi connectivity index (χ1n) is 10.5. The Morgan fingerprint density at radius 1 is 0.912 bits per heavy atom. The number of rotatable bonds is 14. The van der Waals surface area contributed by atoms with E-state index in [2.05, 4.69) is 10.6 Å². The molecule has 0 spiro atoms. The minimum Gasteiger partial charge on any atom is -0.491 e. The van der Waals surface area contributed by atoms with Gasteiger partial charge in [-0.25, -0.2) is 0 Å². The van der Waals surface area contributed by atoms with Gasteiger partial charge in [0.05, 0.1) is 23.7 Å². The lowest BCUT2D eigenvalue weighted by Crippen LogP contribution is -2.18. The van der Waals surface area contributed by atoms with Crippen molar-refractivity contribution >= 4 is 34.6 Å². The predicted octanol–water partition coefficient (Wildman–Crippen LogP) is 1.52. The van der Waals surface area contributed by atoms with Gasteiger partial charge in [0.1, 0.15) is 11.4 Å². The van der Waals surface area contributed by atoms with E-state index in [1.807, 2.05) is 12.2 Å². The number of amides is 2. The zero-order chi connectivity index (χ0) is 25.1. The van der Waals surface area contributed by atoms with Gasteiger partial charge < -0.3 is 47.8 Å². The number of benzene rings is 2. The van der Waals surface area contributed by atoms with Crippen LogP contribution in [-0.2, 0) is 9.47 Å². The minimum absolute atomic E-state index is 0.243. The van der Waals surface area contributed by atoms with Crippen LogP contribution in [0.4, 0.5) is 22.7 Å². The number of nitrogens with one attached hydrogen (secondary N) is 2. The number of primary amides is 2. The third-order valence-corrected chi connectivity index (χ3v) is 4.86. The number of methoxy groups -OCH3 is 2. The van der Waals surface area contributed by atoms with Crippen LogP contribution in [0.5, 0.6) is 5.75 Å². The summed E-state index contributed by atoms with van der Waals surface area (Å²) in [5.41, 5.74) is 25.3. The topological polar surface area (TPSA) is 190 Å². The first-order valence-corrected chi connectivity index (χ1v) is 10.5. The second-order valence-corrected chi connectivity index (χ2v) is 7.24. The third-order valence-electron chi connectivity index (χ3n) is 4.86. The van der Waals surface area contributed by atoms with Crippen molar-refractivity contribution < 1.29 is 23.8 Å². The first kappa shape index (κ1) is 26.3. The molecule has 0 unspecified atom stereocenters. The van der Waals surface area contributed by atoms with Crippen LogP contribution in [0.2, 0.25) is 0 Å². The molecule has 0 aliphatic carbocycles. The third kappa shape index (κ3) is 7.57. The summed E-state index contributed by atoms with van der Waals surface area (Å²) in [4.78, 5) is 22.8. The van der Waals surface area contributed by atoms with Gasteiger partial charge >= 0.3 is 0 Å². The van der Waals surface area contributed by atoms with E-state index in [9.17, 15) is 9.59 Å². The maximum Gasteiger partial charge on any atom is 0.248 e. The van der Waals surface area contributed by atoms with Crippen molar-refractivity contribution in [3.63, 3.8) is 0 Å². The van der Waals surface area contributed by atoms with Crippen molar-refractivity contribution in [2.24, 2.45) is 11.5 Å². The molecule has 0 atom stereocenters. The molecule has 0 saturated carbocycles. The number of carbonyl (C=O) groups is 2. The Morgan fingerprint density at radius 2 is 1.53 bits per heavy atom. The molecule has 0 bridgehead atoms. The molecule has 0 heterocycles. The first-order chi connectivity index (χ1) is 16.3. The highest BCUT2D eigenvalue weighted by Crippen LogP contribution is 2.32. The highest BCUT2D eigenvalue weighted by molar-refractivity contribution is 5.96. The molecule has 0 aliphatic heterocycles. The SMILES string of the molecule is COC(CCOc1cc(C(N)=O)cc(N)c1NC/C=C/CNc1ccc(C(N)=O)cc1N)OC. The number of hydrogen-bond donors (Lipinski definition) is 6. The van der Waals surface area contributed by atoms with Gasteiger partial charge in [0.2, 0.25) is 11.8 Å². The fourth-order valence-corrected chi connectivity index (χ4v) is 3.05. The van der Waals surface area contributed by atoms with Gasteiger partial charge in [-0.2, -0.15) is 0 Å². The summed E-state index contributed by atoms with van der Waals surface area (Å²) in [5.74, 6) is -0.745. The van der Waals surface area contributed by atoms with Crippen LogP contribution in [0.3, 0.4) is 0 Å². The van der Waals surface area contributed by atoms with E-state index < -0.39 is 18.1 Å². The van der Waals surface area contributed by atoms with E-state index in [1.54, 1.807) is 32.4 Å². The number of hydrogen-bond acceptors (Lipinski definition) is 9. The van der Waals surface area contributed by atoms with Crippen molar-refractivity contribution in [2.75, 3.05) is 56.0 Å². The van der Waals surface area contributed by atoms with Gasteiger partial charge in [-0.1, -0.05) is 12.2 Å². The Bertz CT molecular complexity index is 1020. The summed E-state index contributed by atoms with van der Waals surface area (Å²) in [5, 5.41) is 6.34. The Hall–Kier alpha value is -3.96. The van der Waals surface area contributed by atoms with Gasteiger partial charge in [0.15, 0.2) is 6.29 Å². The lowest BCUT2D eigenvalue weighted by Gasteiger charge is -2.18. The molecular weight excluding hydrogens is 440 g/mol. The molecule has 2 amide bonds. The van der Waals surface area contributed by atoms with Gasteiger partial charge in [0, 0.05) is 44.9 Å². The van der Waals surface area contributed by atoms with Crippen LogP contribution in [-0.4, -0.2) is 52.0 Å². The average Bonchev–Trinajstić information content (AvgIpc) is 2.80. The lowest BCUT2D eigenvalue weighted by atomic mass is 10.1. The van der Waals surface area contributed by atoms with Crippen LogP contribution in [0.25, 0.3) is 0 Å². The monoisotopic (exact) mass is 472 g/mol. The zero-order valence-electron chi connectivity index (χ0n) is 19.3. The molecule has 0 aliphatic rings. The van der Waals surface area contributed by atoms with Crippen LogP contribution < -0.4 is 38.3 Å². The standard InChI is InChI=1S/C23H32N6O5/c1-32-20(33-2)7-10-34-19-13-15(23(27)31)12-17(25)21(19)29-9-4-3-8-28-18-6-5-14(22(26)30)11-16(18)24/h3-6,11-13,20,28-29H,7-10,24-25H2,1-2H3,(H2,26,30)(H2,27,31)/b4-3+. The Morgan fingerprint density at radius 3 is 2.12 bits per heavy atom. The van der Waals surface area contributed by atoms with Crippen LogP contribution in [0.1, 0.15) is 27.1 Å². The molecule has 2 aromatic carbocycles. The average molecular weight is 473 g/mol. The molecule has 11 heteroatoms. The van der Waals surface area contributed by atoms with Gasteiger partial charge in [-0.3, -0.25) is 9.59 Å². The zero-order valence-corrected chi connectivity index (χ0v) is 19.3. The fourth-order valence-electron chi connectivity index (χ4n) is 3.05. The van der Waals surface area contributed by atoms with Gasteiger partial charge in [-0.05, 0) is 30.3 Å². The lowest BCUT2D eigenvalue weighted by molar-refractivity contribution is -0.110. The Kier molecular flexibility index (Phi) is 9.99. The summed E-state index contributed by atoms with van der Waals surface area (Å²) in [6.07, 6.45) is 3.84. The molecule has 2 aromatic rings. The van der Waals surface area contributed by atoms with Crippen molar-refractivity contribution in [2.45, 2.75) is 12.7 Å². The molecule has 11 nitrogen and oxygen atoms in total. The van der Waals surface area contributed by atoms with E-state index in [0.717, 1.165) is 0 Å². The van der Waals surface area contributed by atoms with E-state index >= 15 is 0 Å². The second kappa shape index (κ2) is 12.9. The molecule has 2 rings (SSSR count). The van der Waals surface area contributed by atoms with Crippen molar-refractivity contribution in [3.8, 4) is 5.75 Å². The maximum atomic E-state index is 11.6. The second-order valence-electron chi connectivity index (χ2n) is 7.24. The molecule has 0 fully saturated rings. The molecule has 34 heavy (non-hydrogen) atoms. The minimum atomic E-state index is -0.608. The number of nitrogens with two attached hydrogens (primary N) is 4.